The monoisotopic (exact) mass is 202 g/mol. The van der Waals surface area contributed by atoms with Crippen molar-refractivity contribution in [2.75, 3.05) is 14.2 Å². The third kappa shape index (κ3) is 1.89. The van der Waals surface area contributed by atoms with Crippen molar-refractivity contribution in [1.82, 2.24) is 0 Å². The first-order valence-electron chi connectivity index (χ1n) is 4.94. The lowest BCUT2D eigenvalue weighted by Crippen LogP contribution is -1.91. The smallest absolute Gasteiger partial charge is 0.130 e. The van der Waals surface area contributed by atoms with E-state index in [1.165, 1.54) is 5.57 Å². The second-order valence-electron chi connectivity index (χ2n) is 3.36. The summed E-state index contributed by atoms with van der Waals surface area (Å²) in [7, 11) is 3.33. The largest absolute Gasteiger partial charge is 0.497 e. The standard InChI is InChI=1S/C13H14O2/c1-14-11-7-8-12(13(9-11)15-2)10-5-3-4-6-10/h3,5-9H,4H2,1-2H3. The van der Waals surface area contributed by atoms with Crippen molar-refractivity contribution >= 4 is 5.57 Å². The Morgan fingerprint density at radius 3 is 2.60 bits per heavy atom. The first-order valence-corrected chi connectivity index (χ1v) is 4.94. The molecule has 2 nitrogen and oxygen atoms in total. The minimum absolute atomic E-state index is 0.818. The Kier molecular flexibility index (Phi) is 2.77. The minimum atomic E-state index is 0.818. The van der Waals surface area contributed by atoms with E-state index in [4.69, 9.17) is 9.47 Å². The van der Waals surface area contributed by atoms with Gasteiger partial charge in [0.05, 0.1) is 14.2 Å². The summed E-state index contributed by atoms with van der Waals surface area (Å²) in [5.74, 6) is 1.67. The SMILES string of the molecule is COc1ccc(C2=CCC=C2)c(OC)c1. The van der Waals surface area contributed by atoms with Gasteiger partial charge in [0.2, 0.25) is 0 Å². The highest BCUT2D eigenvalue weighted by Gasteiger charge is 2.09. The lowest BCUT2D eigenvalue weighted by Gasteiger charge is -2.10. The number of methoxy groups -OCH3 is 2. The molecule has 2 rings (SSSR count). The van der Waals surface area contributed by atoms with Gasteiger partial charge < -0.3 is 9.47 Å². The van der Waals surface area contributed by atoms with Crippen LogP contribution >= 0.6 is 0 Å². The van der Waals surface area contributed by atoms with Gasteiger partial charge in [0.1, 0.15) is 11.5 Å². The molecular weight excluding hydrogens is 188 g/mol. The number of benzene rings is 1. The van der Waals surface area contributed by atoms with Gasteiger partial charge in [-0.25, -0.2) is 0 Å². The van der Waals surface area contributed by atoms with Gasteiger partial charge >= 0.3 is 0 Å². The highest BCUT2D eigenvalue weighted by atomic mass is 16.5. The fourth-order valence-electron chi connectivity index (χ4n) is 1.69. The molecule has 0 unspecified atom stereocenters. The highest BCUT2D eigenvalue weighted by molar-refractivity contribution is 5.80. The zero-order chi connectivity index (χ0) is 10.7. The maximum Gasteiger partial charge on any atom is 0.130 e. The molecule has 1 aliphatic carbocycles. The third-order valence-corrected chi connectivity index (χ3v) is 2.49. The molecule has 1 aromatic carbocycles. The number of allylic oxidation sites excluding steroid dienone is 4. The number of rotatable bonds is 3. The van der Waals surface area contributed by atoms with E-state index in [1.807, 2.05) is 18.2 Å². The van der Waals surface area contributed by atoms with Gasteiger partial charge in [0, 0.05) is 11.6 Å². The Morgan fingerprint density at radius 1 is 1.13 bits per heavy atom. The van der Waals surface area contributed by atoms with Gasteiger partial charge in [-0.2, -0.15) is 0 Å². The van der Waals surface area contributed by atoms with Crippen LogP contribution < -0.4 is 9.47 Å². The normalized spacial score (nSPS) is 13.9. The molecule has 2 heteroatoms. The molecule has 1 aromatic rings. The Balaban J connectivity index is 2.42. The fraction of sp³-hybridized carbons (Fsp3) is 0.231. The highest BCUT2D eigenvalue weighted by Crippen LogP contribution is 2.32. The predicted molar refractivity (Wildman–Crippen MR) is 61.3 cm³/mol. The van der Waals surface area contributed by atoms with Gasteiger partial charge in [0.15, 0.2) is 0 Å². The molecule has 78 valence electrons. The quantitative estimate of drug-likeness (QED) is 0.750. The summed E-state index contributed by atoms with van der Waals surface area (Å²) < 4.78 is 10.5. The first-order chi connectivity index (χ1) is 7.35. The molecule has 0 aliphatic heterocycles. The van der Waals surface area contributed by atoms with Crippen LogP contribution in [0.1, 0.15) is 12.0 Å². The molecule has 0 atom stereocenters. The van der Waals surface area contributed by atoms with E-state index < -0.39 is 0 Å². The van der Waals surface area contributed by atoms with Crippen molar-refractivity contribution in [3.8, 4) is 11.5 Å². The van der Waals surface area contributed by atoms with Gasteiger partial charge in [-0.3, -0.25) is 0 Å². The van der Waals surface area contributed by atoms with Crippen LogP contribution in [0.4, 0.5) is 0 Å². The zero-order valence-electron chi connectivity index (χ0n) is 8.99. The van der Waals surface area contributed by atoms with Crippen LogP contribution in [0.3, 0.4) is 0 Å². The van der Waals surface area contributed by atoms with Gasteiger partial charge in [-0.05, 0) is 24.1 Å². The molecule has 0 aromatic heterocycles. The molecule has 0 radical (unpaired) electrons. The summed E-state index contributed by atoms with van der Waals surface area (Å²) in [4.78, 5) is 0. The molecule has 1 aliphatic rings. The molecule has 0 heterocycles. The minimum Gasteiger partial charge on any atom is -0.497 e. The van der Waals surface area contributed by atoms with Crippen LogP contribution in [0.25, 0.3) is 5.57 Å². The molecule has 15 heavy (non-hydrogen) atoms. The number of ether oxygens (including phenoxy) is 2. The first kappa shape index (κ1) is 9.84. The fourth-order valence-corrected chi connectivity index (χ4v) is 1.69. The van der Waals surface area contributed by atoms with E-state index in [-0.39, 0.29) is 0 Å². The summed E-state index contributed by atoms with van der Waals surface area (Å²) in [6.07, 6.45) is 7.44. The molecule has 0 bridgehead atoms. The molecule has 0 spiro atoms. The van der Waals surface area contributed by atoms with Crippen LogP contribution in [0.2, 0.25) is 0 Å². The number of hydrogen-bond acceptors (Lipinski definition) is 2. The van der Waals surface area contributed by atoms with Crippen LogP contribution in [0.15, 0.2) is 36.4 Å². The lowest BCUT2D eigenvalue weighted by molar-refractivity contribution is 0.393. The van der Waals surface area contributed by atoms with Crippen molar-refractivity contribution < 1.29 is 9.47 Å². The summed E-state index contributed by atoms with van der Waals surface area (Å²) in [5, 5.41) is 0. The maximum absolute atomic E-state index is 5.35. The van der Waals surface area contributed by atoms with Crippen LogP contribution in [0, 0.1) is 0 Å². The van der Waals surface area contributed by atoms with E-state index in [0.717, 1.165) is 23.5 Å². The van der Waals surface area contributed by atoms with Crippen LogP contribution in [-0.2, 0) is 0 Å². The Bertz CT molecular complexity index is 417. The second-order valence-corrected chi connectivity index (χ2v) is 3.36. The summed E-state index contributed by atoms with van der Waals surface area (Å²) in [6.45, 7) is 0. The van der Waals surface area contributed by atoms with Crippen LogP contribution in [0.5, 0.6) is 11.5 Å². The predicted octanol–water partition coefficient (Wildman–Crippen LogP) is 3.05. The molecule has 0 fully saturated rings. The second kappa shape index (κ2) is 4.22. The van der Waals surface area contributed by atoms with Gasteiger partial charge in [0.25, 0.3) is 0 Å². The zero-order valence-corrected chi connectivity index (χ0v) is 8.99. The van der Waals surface area contributed by atoms with Crippen molar-refractivity contribution in [2.45, 2.75) is 6.42 Å². The average Bonchev–Trinajstić information content (AvgIpc) is 2.81. The Labute approximate surface area is 89.8 Å². The van der Waals surface area contributed by atoms with Crippen molar-refractivity contribution in [3.63, 3.8) is 0 Å². The molecule has 0 amide bonds. The maximum atomic E-state index is 5.35. The van der Waals surface area contributed by atoms with Gasteiger partial charge in [-0.15, -0.1) is 0 Å². The lowest BCUT2D eigenvalue weighted by atomic mass is 10.1. The van der Waals surface area contributed by atoms with E-state index in [9.17, 15) is 0 Å². The Hall–Kier alpha value is -1.70. The van der Waals surface area contributed by atoms with Crippen LogP contribution in [-0.4, -0.2) is 14.2 Å². The van der Waals surface area contributed by atoms with E-state index in [2.05, 4.69) is 18.2 Å². The van der Waals surface area contributed by atoms with E-state index in [1.54, 1.807) is 14.2 Å². The van der Waals surface area contributed by atoms with E-state index in [0.29, 0.717) is 0 Å². The molecule has 0 N–H and O–H groups in total. The molecule has 0 saturated heterocycles. The molecular formula is C13H14O2. The number of hydrogen-bond donors (Lipinski definition) is 0. The van der Waals surface area contributed by atoms with Crippen molar-refractivity contribution in [3.05, 3.63) is 42.0 Å². The summed E-state index contributed by atoms with van der Waals surface area (Å²) in [5.41, 5.74) is 2.33. The average molecular weight is 202 g/mol. The third-order valence-electron chi connectivity index (χ3n) is 2.49. The topological polar surface area (TPSA) is 18.5 Å². The van der Waals surface area contributed by atoms with Crippen molar-refractivity contribution in [2.24, 2.45) is 0 Å². The Morgan fingerprint density at radius 2 is 2.00 bits per heavy atom. The summed E-state index contributed by atoms with van der Waals surface area (Å²) >= 11 is 0. The van der Waals surface area contributed by atoms with E-state index >= 15 is 0 Å². The van der Waals surface area contributed by atoms with Gasteiger partial charge in [-0.1, -0.05) is 18.2 Å². The molecule has 0 saturated carbocycles. The van der Waals surface area contributed by atoms with Crippen molar-refractivity contribution in [1.29, 1.82) is 0 Å². The summed E-state index contributed by atoms with van der Waals surface area (Å²) in [6, 6.07) is 5.88.